The van der Waals surface area contributed by atoms with Gasteiger partial charge in [0.1, 0.15) is 5.82 Å². The Hall–Kier alpha value is -2.23. The van der Waals surface area contributed by atoms with Gasteiger partial charge < -0.3 is 15.5 Å². The Bertz CT molecular complexity index is 801. The molecule has 6 nitrogen and oxygen atoms in total. The molecule has 1 amide bonds. The molecule has 0 aliphatic rings. The van der Waals surface area contributed by atoms with Crippen LogP contribution < -0.4 is 10.6 Å². The summed E-state index contributed by atoms with van der Waals surface area (Å²) in [5.41, 5.74) is 2.46. The van der Waals surface area contributed by atoms with Gasteiger partial charge in [-0.1, -0.05) is 18.2 Å². The summed E-state index contributed by atoms with van der Waals surface area (Å²) in [4.78, 5) is 22.8. The zero-order valence-corrected chi connectivity index (χ0v) is 19.4. The van der Waals surface area contributed by atoms with Crippen LogP contribution in [0.1, 0.15) is 23.7 Å². The molecule has 1 heterocycles. The van der Waals surface area contributed by atoms with E-state index in [1.165, 1.54) is 6.07 Å². The van der Waals surface area contributed by atoms with Gasteiger partial charge in [0.2, 0.25) is 5.91 Å². The minimum atomic E-state index is -0.225. The van der Waals surface area contributed by atoms with E-state index in [1.54, 1.807) is 37.2 Å². The van der Waals surface area contributed by atoms with Gasteiger partial charge in [0, 0.05) is 38.4 Å². The molecule has 0 bridgehead atoms. The number of carbonyl (C=O) groups excluding carboxylic acids is 1. The summed E-state index contributed by atoms with van der Waals surface area (Å²) >= 11 is 0. The number of aromatic nitrogens is 1. The molecule has 0 fully saturated rings. The average molecular weight is 513 g/mol. The molecule has 0 radical (unpaired) electrons. The van der Waals surface area contributed by atoms with Gasteiger partial charge in [0.25, 0.3) is 0 Å². The molecule has 0 atom stereocenters. The van der Waals surface area contributed by atoms with Crippen molar-refractivity contribution in [2.24, 2.45) is 4.99 Å². The number of nitrogens with one attached hydrogen (secondary N) is 2. The van der Waals surface area contributed by atoms with Crippen LogP contribution in [0.4, 0.5) is 4.39 Å². The van der Waals surface area contributed by atoms with Gasteiger partial charge in [-0.05, 0) is 43.2 Å². The molecule has 0 aliphatic heterocycles. The number of benzene rings is 1. The second-order valence-electron chi connectivity index (χ2n) is 6.52. The number of likely N-dealkylation sites (N-methyl/N-ethyl adjacent to an activating group) is 1. The standard InChI is InChI=1S/C21H28FN5O.HI/c1-4-23-21(25-14-17-8-9-19(22)16(2)13-17)26-15-20(28)27(3)12-10-18-7-5-6-11-24-18;/h5-9,11,13H,4,10,12,14-15H2,1-3H3,(H2,23,25,26);1H. The maximum absolute atomic E-state index is 13.4. The number of hydrogen-bond donors (Lipinski definition) is 2. The summed E-state index contributed by atoms with van der Waals surface area (Å²) < 4.78 is 13.4. The molecule has 2 rings (SSSR count). The van der Waals surface area contributed by atoms with Crippen LogP contribution in [0.3, 0.4) is 0 Å². The lowest BCUT2D eigenvalue weighted by Gasteiger charge is -2.18. The van der Waals surface area contributed by atoms with Crippen LogP contribution in [0.25, 0.3) is 0 Å². The van der Waals surface area contributed by atoms with Crippen molar-refractivity contribution in [2.45, 2.75) is 26.8 Å². The molecular formula is C21H29FIN5O. The van der Waals surface area contributed by atoms with Crippen molar-refractivity contribution in [1.29, 1.82) is 0 Å². The van der Waals surface area contributed by atoms with Crippen LogP contribution in [0, 0.1) is 12.7 Å². The van der Waals surface area contributed by atoms with Crippen LogP contribution in [0.5, 0.6) is 0 Å². The van der Waals surface area contributed by atoms with Crippen LogP contribution in [0.2, 0.25) is 0 Å². The van der Waals surface area contributed by atoms with Crippen molar-refractivity contribution >= 4 is 35.8 Å². The number of amides is 1. The Kier molecular flexibility index (Phi) is 11.2. The van der Waals surface area contributed by atoms with E-state index in [1.807, 2.05) is 25.1 Å². The third kappa shape index (κ3) is 8.76. The fraction of sp³-hybridized carbons (Fsp3) is 0.381. The Labute approximate surface area is 189 Å². The predicted molar refractivity (Wildman–Crippen MR) is 125 cm³/mol. The summed E-state index contributed by atoms with van der Waals surface area (Å²) in [5.74, 6) is 0.298. The van der Waals surface area contributed by atoms with Crippen molar-refractivity contribution in [3.8, 4) is 0 Å². The highest BCUT2D eigenvalue weighted by Crippen LogP contribution is 2.10. The third-order valence-corrected chi connectivity index (χ3v) is 4.25. The molecule has 8 heteroatoms. The first-order chi connectivity index (χ1) is 13.5. The topological polar surface area (TPSA) is 69.6 Å². The van der Waals surface area contributed by atoms with Crippen molar-refractivity contribution in [3.05, 3.63) is 65.2 Å². The Balaban J connectivity index is 0.00000420. The van der Waals surface area contributed by atoms with Gasteiger partial charge >= 0.3 is 0 Å². The molecule has 1 aromatic heterocycles. The number of halogens is 2. The largest absolute Gasteiger partial charge is 0.357 e. The number of aryl methyl sites for hydroxylation is 1. The van der Waals surface area contributed by atoms with Crippen LogP contribution in [0.15, 0.2) is 47.6 Å². The molecular weight excluding hydrogens is 484 g/mol. The molecule has 0 aliphatic carbocycles. The van der Waals surface area contributed by atoms with Crippen molar-refractivity contribution in [2.75, 3.05) is 26.7 Å². The Morgan fingerprint density at radius 3 is 2.69 bits per heavy atom. The van der Waals surface area contributed by atoms with Gasteiger partial charge in [-0.2, -0.15) is 0 Å². The summed E-state index contributed by atoms with van der Waals surface area (Å²) in [5, 5.41) is 6.17. The number of carbonyl (C=O) groups is 1. The Morgan fingerprint density at radius 1 is 1.24 bits per heavy atom. The summed E-state index contributed by atoms with van der Waals surface area (Å²) in [6, 6.07) is 10.7. The summed E-state index contributed by atoms with van der Waals surface area (Å²) in [7, 11) is 1.78. The lowest BCUT2D eigenvalue weighted by molar-refractivity contribution is -0.128. The number of hydrogen-bond acceptors (Lipinski definition) is 3. The van der Waals surface area contributed by atoms with Gasteiger partial charge in [0.15, 0.2) is 5.96 Å². The van der Waals surface area contributed by atoms with E-state index >= 15 is 0 Å². The van der Waals surface area contributed by atoms with E-state index in [-0.39, 0.29) is 42.2 Å². The first kappa shape index (κ1) is 24.8. The maximum atomic E-state index is 13.4. The predicted octanol–water partition coefficient (Wildman–Crippen LogP) is 2.90. The lowest BCUT2D eigenvalue weighted by atomic mass is 10.1. The van der Waals surface area contributed by atoms with Gasteiger partial charge in [0.05, 0.1) is 13.1 Å². The minimum absolute atomic E-state index is 0. The van der Waals surface area contributed by atoms with Crippen LogP contribution in [-0.4, -0.2) is 48.4 Å². The minimum Gasteiger partial charge on any atom is -0.357 e. The van der Waals surface area contributed by atoms with Gasteiger partial charge in [-0.15, -0.1) is 24.0 Å². The molecule has 0 saturated heterocycles. The maximum Gasteiger partial charge on any atom is 0.241 e. The molecule has 2 N–H and O–H groups in total. The summed E-state index contributed by atoms with van der Waals surface area (Å²) in [6.45, 7) is 5.51. The van der Waals surface area contributed by atoms with E-state index in [0.717, 1.165) is 11.3 Å². The monoisotopic (exact) mass is 513 g/mol. The second kappa shape index (κ2) is 13.1. The van der Waals surface area contributed by atoms with Gasteiger partial charge in [-0.3, -0.25) is 9.78 Å². The number of pyridine rings is 1. The fourth-order valence-electron chi connectivity index (χ4n) is 2.56. The highest BCUT2D eigenvalue weighted by Gasteiger charge is 2.10. The SMILES string of the molecule is CCNC(=NCc1ccc(F)c(C)c1)NCC(=O)N(C)CCc1ccccn1.I. The Morgan fingerprint density at radius 2 is 2.03 bits per heavy atom. The smallest absolute Gasteiger partial charge is 0.241 e. The molecule has 0 unspecified atom stereocenters. The van der Waals surface area contributed by atoms with E-state index in [2.05, 4.69) is 20.6 Å². The lowest BCUT2D eigenvalue weighted by Crippen LogP contribution is -2.44. The number of aliphatic imine (C=N–C) groups is 1. The van der Waals surface area contributed by atoms with Crippen molar-refractivity contribution < 1.29 is 9.18 Å². The third-order valence-electron chi connectivity index (χ3n) is 4.25. The average Bonchev–Trinajstić information content (AvgIpc) is 2.71. The van der Waals surface area contributed by atoms with E-state index in [0.29, 0.717) is 37.6 Å². The zero-order valence-electron chi connectivity index (χ0n) is 17.1. The number of guanidine groups is 1. The van der Waals surface area contributed by atoms with Crippen molar-refractivity contribution in [3.63, 3.8) is 0 Å². The molecule has 0 spiro atoms. The van der Waals surface area contributed by atoms with Crippen LogP contribution >= 0.6 is 24.0 Å². The first-order valence-corrected chi connectivity index (χ1v) is 9.40. The highest BCUT2D eigenvalue weighted by molar-refractivity contribution is 14.0. The van der Waals surface area contributed by atoms with E-state index in [4.69, 9.17) is 0 Å². The molecule has 158 valence electrons. The zero-order chi connectivity index (χ0) is 20.4. The fourth-order valence-corrected chi connectivity index (χ4v) is 2.56. The van der Waals surface area contributed by atoms with Gasteiger partial charge in [-0.25, -0.2) is 9.38 Å². The molecule has 0 saturated carbocycles. The normalized spacial score (nSPS) is 10.8. The first-order valence-electron chi connectivity index (χ1n) is 9.40. The second-order valence-corrected chi connectivity index (χ2v) is 6.52. The molecule has 29 heavy (non-hydrogen) atoms. The molecule has 1 aromatic carbocycles. The van der Waals surface area contributed by atoms with E-state index < -0.39 is 0 Å². The quantitative estimate of drug-likeness (QED) is 0.324. The highest BCUT2D eigenvalue weighted by atomic mass is 127. The van der Waals surface area contributed by atoms with Crippen LogP contribution in [-0.2, 0) is 17.8 Å². The number of rotatable bonds is 8. The molecule has 2 aromatic rings. The van der Waals surface area contributed by atoms with E-state index in [9.17, 15) is 9.18 Å². The van der Waals surface area contributed by atoms with Crippen molar-refractivity contribution in [1.82, 2.24) is 20.5 Å². The summed E-state index contributed by atoms with van der Waals surface area (Å²) in [6.07, 6.45) is 2.46. The number of nitrogens with zero attached hydrogens (tertiary/aromatic N) is 3.